The third-order valence-electron chi connectivity index (χ3n) is 27.8. The summed E-state index contributed by atoms with van der Waals surface area (Å²) in [7, 11) is -3.90. The second-order valence-electron chi connectivity index (χ2n) is 39.2. The Balaban J connectivity index is 0.000000141. The van der Waals surface area contributed by atoms with E-state index < -0.39 is 16.1 Å². The van der Waals surface area contributed by atoms with Crippen LogP contribution in [-0.2, 0) is 117 Å². The van der Waals surface area contributed by atoms with Gasteiger partial charge in [0.15, 0.2) is 0 Å². The number of hydrogen-bond acceptors (Lipinski definition) is 12. The van der Waals surface area contributed by atoms with Crippen LogP contribution in [-0.4, -0.2) is 56.0 Å². The van der Waals surface area contributed by atoms with Crippen LogP contribution in [0.4, 0.5) is 34.4 Å². The summed E-state index contributed by atoms with van der Waals surface area (Å²) in [6.07, 6.45) is 14.6. The van der Waals surface area contributed by atoms with Gasteiger partial charge < -0.3 is 19.3 Å². The average molecular weight is 2580 g/mol. The molecule has 8 aromatic heterocycles. The third-order valence-corrected chi connectivity index (χ3v) is 34.2. The summed E-state index contributed by atoms with van der Waals surface area (Å²) in [6, 6.07) is 133. The van der Waals surface area contributed by atoms with Gasteiger partial charge >= 0.3 is 84.3 Å². The van der Waals surface area contributed by atoms with Crippen molar-refractivity contribution in [2.75, 3.05) is 9.80 Å². The minimum absolute atomic E-state index is 0. The number of rotatable bonds is 18. The second-order valence-corrected chi connectivity index (χ2v) is 47.8. The molecule has 0 atom stereocenters. The number of pyridine rings is 8. The van der Waals surface area contributed by atoms with Crippen molar-refractivity contribution < 1.29 is 93.7 Å². The molecule has 18 aromatic rings. The maximum absolute atomic E-state index is 5.89. The fourth-order valence-corrected chi connectivity index (χ4v) is 23.7. The summed E-state index contributed by atoms with van der Waals surface area (Å²) in [5.41, 5.74) is 26.4. The SMILES string of the molecule is CC(C)(c1[c-]c2c(cc1)C(C)(C)c1ccc(C(C)(C)c3ccccn3)[c-]c1-2)c1ccccn1.CC1(C)c2ccc(N(c3ccccc3)c3ccccn3)[c-]c2-c2[c-]c(N(c3ccccc3)c3ccccn3)ccc21.CC1(C)c2ccc(Oc3ccccn3)[c-]c2-c2[c-]c(Oc3ccccn3)ccc21.CC1(C)c2ccc([Si](C)(C)c3ccccn3)[c-]c2-c2[c-]c([Si](C)(C)c3ccccn3)ccc21.[Pt+2].[Pt+2].[Pt+2].[Pt+2]. The van der Waals surface area contributed by atoms with Gasteiger partial charge in [0.1, 0.15) is 27.8 Å². The molecular formula is C122H106N10O2Pt4Si2. The van der Waals surface area contributed by atoms with Crippen molar-refractivity contribution in [2.45, 2.75) is 142 Å². The van der Waals surface area contributed by atoms with Crippen molar-refractivity contribution in [1.29, 1.82) is 0 Å². The predicted molar refractivity (Wildman–Crippen MR) is 555 cm³/mol. The van der Waals surface area contributed by atoms with E-state index >= 15 is 0 Å². The number of benzene rings is 10. The van der Waals surface area contributed by atoms with Crippen LogP contribution in [0, 0.1) is 48.5 Å². The number of nitrogens with zero attached hydrogens (tertiary/aromatic N) is 10. The molecule has 0 radical (unpaired) electrons. The first-order valence-electron chi connectivity index (χ1n) is 46.4. The summed E-state index contributed by atoms with van der Waals surface area (Å²) in [5, 5.41) is 4.98. The largest absolute Gasteiger partial charge is 2.00 e. The van der Waals surface area contributed by atoms with Gasteiger partial charge in [-0.05, 0) is 121 Å². The summed E-state index contributed by atoms with van der Waals surface area (Å²) in [4.78, 5) is 40.8. The summed E-state index contributed by atoms with van der Waals surface area (Å²) in [5.74, 6) is 4.01. The first kappa shape index (κ1) is 102. The Morgan fingerprint density at radius 3 is 0.829 bits per heavy atom. The Morgan fingerprint density at radius 1 is 0.250 bits per heavy atom. The minimum atomic E-state index is -1.95. The van der Waals surface area contributed by atoms with E-state index in [1.54, 1.807) is 12.4 Å². The number of hydrogen-bond donors (Lipinski definition) is 0. The molecule has 0 bridgehead atoms. The van der Waals surface area contributed by atoms with E-state index in [4.69, 9.17) is 19.4 Å². The number of anilines is 6. The van der Waals surface area contributed by atoms with Crippen LogP contribution in [0.5, 0.6) is 23.3 Å². The van der Waals surface area contributed by atoms with E-state index in [9.17, 15) is 0 Å². The molecule has 140 heavy (non-hydrogen) atoms. The van der Waals surface area contributed by atoms with Crippen molar-refractivity contribution >= 4 is 71.5 Å². The number of fused-ring (bicyclic) bond motifs is 12. The zero-order valence-electron chi connectivity index (χ0n) is 81.0. The van der Waals surface area contributed by atoms with Crippen molar-refractivity contribution in [3.05, 3.63) is 468 Å². The van der Waals surface area contributed by atoms with Gasteiger partial charge in [-0.1, -0.05) is 216 Å². The molecule has 0 N–H and O–H groups in total. The molecule has 4 aliphatic carbocycles. The standard InChI is InChI=1S/C37H28N4.C31H30N2.C29H30N2Si2.C25H18N2O2.4Pt/c1-37(2)33-21-19-29(40(27-13-5-3-6-14-27)35-17-9-11-23-38-35)25-31(33)32-26-30(20-22-34(32)37)41(28-15-7-4-8-16-28)36-18-10-12-24-39-36;1-29(2,27-11-7-9-17-32-27)21-13-15-25-23(19-21)24-20-22(14-16-26(24)31(25,5)6)30(3,4)28-12-8-10-18-33-28;1-29(2)25-15-13-21(32(3,4)27-11-7-9-17-30-27)19-23(25)24-20-22(14-16-26(24)29)33(5,6)28-12-8-10-18-31-28;1-25(2)21-11-9-17(28-23-7-3-5-13-26-23)15-19(21)20-16-18(10-12-22(20)25)29-24-8-4-6-14-27-24;;;;/h3-24H,1-2H3;2*7-18H,1-6H3;3-14H,1-2H3;;;;/q4*-2;4*+2. The van der Waals surface area contributed by atoms with Crippen molar-refractivity contribution in [3.8, 4) is 67.8 Å². The Hall–Kier alpha value is -12.2. The molecule has 0 unspecified atom stereocenters. The summed E-state index contributed by atoms with van der Waals surface area (Å²) >= 11 is 0. The van der Waals surface area contributed by atoms with E-state index in [2.05, 4.69) is 355 Å². The molecule has 8 heterocycles. The van der Waals surface area contributed by atoms with Gasteiger partial charge in [-0.2, -0.15) is 105 Å². The van der Waals surface area contributed by atoms with Gasteiger partial charge in [-0.15, -0.1) is 106 Å². The smallest absolute Gasteiger partial charge is 0.460 e. The first-order valence-corrected chi connectivity index (χ1v) is 52.4. The van der Waals surface area contributed by atoms with Crippen LogP contribution in [0.3, 0.4) is 0 Å². The van der Waals surface area contributed by atoms with E-state index in [1.807, 2.05) is 183 Å². The van der Waals surface area contributed by atoms with E-state index in [-0.39, 0.29) is 117 Å². The van der Waals surface area contributed by atoms with Crippen molar-refractivity contribution in [1.82, 2.24) is 39.9 Å². The summed E-state index contributed by atoms with van der Waals surface area (Å²) < 4.78 is 11.8. The van der Waals surface area contributed by atoms with E-state index in [1.165, 1.54) is 76.6 Å². The van der Waals surface area contributed by atoms with Crippen LogP contribution >= 0.6 is 0 Å². The maximum Gasteiger partial charge on any atom is 2.00 e. The van der Waals surface area contributed by atoms with Crippen LogP contribution in [0.1, 0.15) is 150 Å². The van der Waals surface area contributed by atoms with Gasteiger partial charge in [-0.25, -0.2) is 64.4 Å². The predicted octanol–water partition coefficient (Wildman–Crippen LogP) is 26.3. The molecule has 0 amide bonds. The van der Waals surface area contributed by atoms with Crippen LogP contribution in [0.2, 0.25) is 26.2 Å². The van der Waals surface area contributed by atoms with E-state index in [0.29, 0.717) is 23.3 Å². The van der Waals surface area contributed by atoms with Gasteiger partial charge in [0, 0.05) is 117 Å². The Morgan fingerprint density at radius 2 is 0.521 bits per heavy atom. The number of aromatic nitrogens is 8. The first-order chi connectivity index (χ1) is 65.5. The van der Waals surface area contributed by atoms with Crippen molar-refractivity contribution in [3.63, 3.8) is 0 Å². The maximum atomic E-state index is 5.89. The Bertz CT molecular complexity index is 6680. The molecule has 12 nitrogen and oxygen atoms in total. The molecule has 18 heteroatoms. The Kier molecular flexibility index (Phi) is 30.3. The van der Waals surface area contributed by atoms with Crippen LogP contribution in [0.25, 0.3) is 44.5 Å². The fraction of sp³-hybridized carbons (Fsp3) is 0.180. The average Bonchev–Trinajstić information content (AvgIpc) is 1.57. The number of ether oxygens (including phenoxy) is 2. The molecule has 4 aliphatic rings. The van der Waals surface area contributed by atoms with Crippen LogP contribution < -0.4 is 40.3 Å². The van der Waals surface area contributed by atoms with Gasteiger partial charge in [0.25, 0.3) is 0 Å². The van der Waals surface area contributed by atoms with E-state index in [0.717, 1.165) is 90.3 Å². The monoisotopic (exact) mass is 2580 g/mol. The molecule has 22 rings (SSSR count). The third kappa shape index (κ3) is 19.6. The topological polar surface area (TPSA) is 128 Å². The zero-order valence-corrected chi connectivity index (χ0v) is 92.1. The molecule has 0 saturated heterocycles. The van der Waals surface area contributed by atoms with Gasteiger partial charge in [0.05, 0.1) is 0 Å². The molecule has 0 saturated carbocycles. The second kappa shape index (κ2) is 41.5. The normalized spacial score (nSPS) is 13.4. The molecule has 704 valence electrons. The van der Waals surface area contributed by atoms with Gasteiger partial charge in [0.2, 0.25) is 11.8 Å². The molecular weight excluding hydrogens is 2470 g/mol. The van der Waals surface area contributed by atoms with Gasteiger partial charge in [-0.3, -0.25) is 19.9 Å². The quantitative estimate of drug-likeness (QED) is 0.0599. The molecule has 10 aromatic carbocycles. The van der Waals surface area contributed by atoms with Crippen LogP contribution in [0.15, 0.2) is 353 Å². The number of para-hydroxylation sites is 2. The minimum Gasteiger partial charge on any atom is -0.460 e. The molecule has 0 aliphatic heterocycles. The molecule has 0 fully saturated rings. The summed E-state index contributed by atoms with van der Waals surface area (Å²) in [6.45, 7) is 36.6. The molecule has 0 spiro atoms. The Labute approximate surface area is 884 Å². The zero-order chi connectivity index (χ0) is 94.5. The van der Waals surface area contributed by atoms with Crippen molar-refractivity contribution in [2.24, 2.45) is 0 Å². The fourth-order valence-electron chi connectivity index (χ4n) is 19.5.